The quantitative estimate of drug-likeness (QED) is 0.589. The maximum absolute atomic E-state index is 2.67. The van der Waals surface area contributed by atoms with Crippen molar-refractivity contribution in [1.29, 1.82) is 0 Å². The van der Waals surface area contributed by atoms with Crippen LogP contribution in [0.5, 0.6) is 0 Å². The van der Waals surface area contributed by atoms with Gasteiger partial charge < -0.3 is 0 Å². The third-order valence-corrected chi connectivity index (χ3v) is 4.83. The summed E-state index contributed by atoms with van der Waals surface area (Å²) < 4.78 is 0. The lowest BCUT2D eigenvalue weighted by atomic mass is 9.86. The number of hydrogen-bond acceptors (Lipinski definition) is 2. The second-order valence-corrected chi connectivity index (χ2v) is 6.54. The number of hydrogen-bond donors (Lipinski definition) is 0. The molecule has 2 unspecified atom stereocenters. The van der Waals surface area contributed by atoms with Gasteiger partial charge in [-0.3, -0.25) is 4.90 Å². The Morgan fingerprint density at radius 2 is 1.85 bits per heavy atom. The predicted octanol–water partition coefficient (Wildman–Crippen LogP) is 2.47. The van der Waals surface area contributed by atoms with Crippen LogP contribution in [0.25, 0.3) is 0 Å². The molecule has 0 saturated carbocycles. The Hall–Kier alpha value is 0.310. The Balaban J connectivity index is 1.97. The van der Waals surface area contributed by atoms with Gasteiger partial charge in [0.25, 0.3) is 0 Å². The zero-order chi connectivity index (χ0) is 9.47. The van der Waals surface area contributed by atoms with Crippen molar-refractivity contribution in [3.63, 3.8) is 0 Å². The number of fused-ring (bicyclic) bond motifs is 1. The molecule has 2 aliphatic heterocycles. The van der Waals surface area contributed by atoms with Crippen molar-refractivity contribution in [3.05, 3.63) is 0 Å². The minimum Gasteiger partial charge on any atom is -0.298 e. The highest BCUT2D eigenvalue weighted by atomic mass is 32.2. The van der Waals surface area contributed by atoms with Gasteiger partial charge in [0.15, 0.2) is 0 Å². The van der Waals surface area contributed by atoms with E-state index in [1.807, 2.05) is 0 Å². The van der Waals surface area contributed by atoms with Crippen molar-refractivity contribution in [1.82, 2.24) is 4.90 Å². The number of rotatable bonds is 0. The molecule has 2 fully saturated rings. The van der Waals surface area contributed by atoms with Crippen LogP contribution in [0.4, 0.5) is 0 Å². The van der Waals surface area contributed by atoms with Crippen molar-refractivity contribution in [2.45, 2.75) is 32.7 Å². The van der Waals surface area contributed by atoms with E-state index in [4.69, 9.17) is 0 Å². The molecule has 2 heteroatoms. The van der Waals surface area contributed by atoms with E-state index in [1.165, 1.54) is 31.0 Å². The van der Waals surface area contributed by atoms with Crippen LogP contribution in [0.3, 0.4) is 0 Å². The SMILES string of the molecule is CC(C)(C)N1CCC2CSCC2C1. The lowest BCUT2D eigenvalue weighted by molar-refractivity contribution is 0.0645. The largest absolute Gasteiger partial charge is 0.298 e. The molecular weight excluding hydrogens is 178 g/mol. The Labute approximate surface area is 86.3 Å². The fourth-order valence-corrected chi connectivity index (χ4v) is 4.03. The zero-order valence-corrected chi connectivity index (χ0v) is 9.86. The Morgan fingerprint density at radius 1 is 1.15 bits per heavy atom. The first-order valence-electron chi connectivity index (χ1n) is 5.40. The molecule has 0 aliphatic carbocycles. The van der Waals surface area contributed by atoms with Crippen LogP contribution in [0.15, 0.2) is 0 Å². The Bertz CT molecular complexity index is 185. The molecule has 0 aromatic rings. The van der Waals surface area contributed by atoms with E-state index in [-0.39, 0.29) is 0 Å². The molecule has 2 rings (SSSR count). The second kappa shape index (κ2) is 3.47. The maximum Gasteiger partial charge on any atom is 0.0125 e. The molecule has 0 N–H and O–H groups in total. The van der Waals surface area contributed by atoms with Gasteiger partial charge in [0.2, 0.25) is 0 Å². The van der Waals surface area contributed by atoms with Crippen LogP contribution in [0.2, 0.25) is 0 Å². The van der Waals surface area contributed by atoms with Crippen LogP contribution in [-0.4, -0.2) is 35.0 Å². The molecule has 0 spiro atoms. The van der Waals surface area contributed by atoms with E-state index in [2.05, 4.69) is 37.4 Å². The first kappa shape index (κ1) is 9.85. The van der Waals surface area contributed by atoms with Crippen LogP contribution in [0, 0.1) is 11.8 Å². The molecule has 2 atom stereocenters. The number of thioether (sulfide) groups is 1. The molecule has 76 valence electrons. The summed E-state index contributed by atoms with van der Waals surface area (Å²) in [5.74, 6) is 4.89. The molecule has 2 aliphatic rings. The van der Waals surface area contributed by atoms with Gasteiger partial charge in [-0.05, 0) is 57.1 Å². The summed E-state index contributed by atoms with van der Waals surface area (Å²) in [5, 5.41) is 0. The van der Waals surface area contributed by atoms with Gasteiger partial charge >= 0.3 is 0 Å². The number of piperidine rings is 1. The van der Waals surface area contributed by atoms with Gasteiger partial charge in [0, 0.05) is 12.1 Å². The topological polar surface area (TPSA) is 3.24 Å². The molecule has 1 nitrogen and oxygen atoms in total. The van der Waals surface area contributed by atoms with Crippen LogP contribution in [-0.2, 0) is 0 Å². The van der Waals surface area contributed by atoms with Crippen molar-refractivity contribution >= 4 is 11.8 Å². The highest BCUT2D eigenvalue weighted by molar-refractivity contribution is 7.99. The van der Waals surface area contributed by atoms with Gasteiger partial charge in [-0.15, -0.1) is 0 Å². The fraction of sp³-hybridized carbons (Fsp3) is 1.00. The minimum absolute atomic E-state index is 0.387. The smallest absolute Gasteiger partial charge is 0.0125 e. The van der Waals surface area contributed by atoms with Crippen molar-refractivity contribution in [3.8, 4) is 0 Å². The van der Waals surface area contributed by atoms with Crippen molar-refractivity contribution in [2.24, 2.45) is 11.8 Å². The number of likely N-dealkylation sites (tertiary alicyclic amines) is 1. The summed E-state index contributed by atoms with van der Waals surface area (Å²) in [6, 6.07) is 0. The summed E-state index contributed by atoms with van der Waals surface area (Å²) in [4.78, 5) is 2.67. The average Bonchev–Trinajstić information content (AvgIpc) is 2.47. The highest BCUT2D eigenvalue weighted by Gasteiger charge is 2.36. The van der Waals surface area contributed by atoms with Gasteiger partial charge in [0.1, 0.15) is 0 Å². The summed E-state index contributed by atoms with van der Waals surface area (Å²) in [6.45, 7) is 9.70. The van der Waals surface area contributed by atoms with Gasteiger partial charge in [-0.1, -0.05) is 0 Å². The molecule has 0 bridgehead atoms. The molecular formula is C11H21NS. The van der Waals surface area contributed by atoms with Crippen LogP contribution in [0.1, 0.15) is 27.2 Å². The normalized spacial score (nSPS) is 36.2. The Kier molecular flexibility index (Phi) is 2.63. The van der Waals surface area contributed by atoms with Gasteiger partial charge in [-0.25, -0.2) is 0 Å². The first-order chi connectivity index (χ1) is 6.07. The summed E-state index contributed by atoms with van der Waals surface area (Å²) in [5.41, 5.74) is 0.387. The van der Waals surface area contributed by atoms with E-state index < -0.39 is 0 Å². The molecule has 13 heavy (non-hydrogen) atoms. The lowest BCUT2D eigenvalue weighted by Gasteiger charge is -2.42. The van der Waals surface area contributed by atoms with Crippen LogP contribution >= 0.6 is 11.8 Å². The fourth-order valence-electron chi connectivity index (χ4n) is 2.47. The summed E-state index contributed by atoms with van der Waals surface area (Å²) in [6.07, 6.45) is 1.44. The van der Waals surface area contributed by atoms with Gasteiger partial charge in [-0.2, -0.15) is 11.8 Å². The van der Waals surface area contributed by atoms with E-state index in [0.29, 0.717) is 5.54 Å². The molecule has 0 aromatic heterocycles. The molecule has 0 amide bonds. The predicted molar refractivity (Wildman–Crippen MR) is 60.2 cm³/mol. The van der Waals surface area contributed by atoms with Crippen molar-refractivity contribution in [2.75, 3.05) is 24.6 Å². The van der Waals surface area contributed by atoms with Gasteiger partial charge in [0.05, 0.1) is 0 Å². The maximum atomic E-state index is 2.67. The van der Waals surface area contributed by atoms with E-state index in [0.717, 1.165) is 11.8 Å². The average molecular weight is 199 g/mol. The molecule has 0 radical (unpaired) electrons. The highest BCUT2D eigenvalue weighted by Crippen LogP contribution is 2.37. The van der Waals surface area contributed by atoms with Crippen molar-refractivity contribution < 1.29 is 0 Å². The Morgan fingerprint density at radius 3 is 2.54 bits per heavy atom. The third-order valence-electron chi connectivity index (χ3n) is 3.50. The third kappa shape index (κ3) is 2.04. The van der Waals surface area contributed by atoms with Crippen LogP contribution < -0.4 is 0 Å². The van der Waals surface area contributed by atoms with E-state index >= 15 is 0 Å². The van der Waals surface area contributed by atoms with E-state index in [1.54, 1.807) is 0 Å². The summed E-state index contributed by atoms with van der Waals surface area (Å²) in [7, 11) is 0. The zero-order valence-electron chi connectivity index (χ0n) is 9.05. The first-order valence-corrected chi connectivity index (χ1v) is 6.55. The second-order valence-electron chi connectivity index (χ2n) is 5.46. The summed E-state index contributed by atoms with van der Waals surface area (Å²) >= 11 is 2.17. The monoisotopic (exact) mass is 199 g/mol. The number of nitrogens with zero attached hydrogens (tertiary/aromatic N) is 1. The standard InChI is InChI=1S/C11H21NS/c1-11(2,3)12-5-4-9-7-13-8-10(9)6-12/h9-10H,4-8H2,1-3H3. The lowest BCUT2D eigenvalue weighted by Crippen LogP contribution is -2.49. The molecule has 2 saturated heterocycles. The minimum atomic E-state index is 0.387. The van der Waals surface area contributed by atoms with E-state index in [9.17, 15) is 0 Å². The molecule has 2 heterocycles. The molecule has 0 aromatic carbocycles.